The van der Waals surface area contributed by atoms with Crippen LogP contribution in [0, 0.1) is 0 Å². The van der Waals surface area contributed by atoms with Gasteiger partial charge in [-0.05, 0) is 24.3 Å². The number of para-hydroxylation sites is 1. The van der Waals surface area contributed by atoms with Gasteiger partial charge in [0.2, 0.25) is 11.2 Å². The summed E-state index contributed by atoms with van der Waals surface area (Å²) >= 11 is 12.0. The van der Waals surface area contributed by atoms with Gasteiger partial charge in [0.25, 0.3) is 0 Å². The molecule has 2 aromatic carbocycles. The van der Waals surface area contributed by atoms with E-state index in [-0.39, 0.29) is 10.8 Å². The smallest absolute Gasteiger partial charge is 0.235 e. The Hall–Kier alpha value is -1.97. The minimum absolute atomic E-state index is 0.0150. The maximum absolute atomic E-state index is 12.1. The molecule has 3 rings (SSSR count). The van der Waals surface area contributed by atoms with Gasteiger partial charge in [-0.2, -0.15) is 0 Å². The van der Waals surface area contributed by atoms with Gasteiger partial charge in [-0.1, -0.05) is 41.4 Å². The second-order valence-electron chi connectivity index (χ2n) is 4.21. The van der Waals surface area contributed by atoms with Crippen LogP contribution in [0.15, 0.2) is 51.7 Å². The molecule has 1 N–H and O–H groups in total. The summed E-state index contributed by atoms with van der Waals surface area (Å²) in [6.45, 7) is 0. The zero-order chi connectivity index (χ0) is 14.3. The molecule has 1 heterocycles. The molecule has 0 aliphatic rings. The molecule has 0 spiro atoms. The molecule has 0 saturated heterocycles. The molecule has 0 radical (unpaired) electrons. The summed E-state index contributed by atoms with van der Waals surface area (Å²) in [5.74, 6) is -0.464. The first-order chi connectivity index (χ1) is 9.59. The van der Waals surface area contributed by atoms with Gasteiger partial charge in [-0.15, -0.1) is 0 Å². The van der Waals surface area contributed by atoms with Gasteiger partial charge < -0.3 is 9.52 Å². The maximum Gasteiger partial charge on any atom is 0.235 e. The Morgan fingerprint density at radius 1 is 1.00 bits per heavy atom. The van der Waals surface area contributed by atoms with E-state index in [1.165, 1.54) is 0 Å². The van der Waals surface area contributed by atoms with Crippen LogP contribution >= 0.6 is 23.2 Å². The molecule has 3 nitrogen and oxygen atoms in total. The van der Waals surface area contributed by atoms with Crippen molar-refractivity contribution in [3.8, 4) is 17.1 Å². The third kappa shape index (κ3) is 1.96. The number of halogens is 2. The summed E-state index contributed by atoms with van der Waals surface area (Å²) in [6.07, 6.45) is 0. The number of hydrogen-bond donors (Lipinski definition) is 1. The van der Waals surface area contributed by atoms with Crippen molar-refractivity contribution in [1.29, 1.82) is 0 Å². The molecule has 0 aliphatic carbocycles. The Balaban J connectivity index is 2.40. The molecular formula is C15H8Cl2O3. The van der Waals surface area contributed by atoms with E-state index >= 15 is 0 Å². The lowest BCUT2D eigenvalue weighted by Crippen LogP contribution is -2.02. The Labute approximate surface area is 124 Å². The van der Waals surface area contributed by atoms with Crippen molar-refractivity contribution in [2.75, 3.05) is 0 Å². The molecule has 3 aromatic rings. The minimum Gasteiger partial charge on any atom is -0.502 e. The number of benzene rings is 2. The van der Waals surface area contributed by atoms with Crippen molar-refractivity contribution in [3.63, 3.8) is 0 Å². The van der Waals surface area contributed by atoms with Crippen molar-refractivity contribution in [2.24, 2.45) is 0 Å². The molecule has 0 fully saturated rings. The number of hydrogen-bond acceptors (Lipinski definition) is 3. The molecule has 0 atom stereocenters. The van der Waals surface area contributed by atoms with Crippen LogP contribution in [0.4, 0.5) is 0 Å². The predicted octanol–water partition coefficient (Wildman–Crippen LogP) is 4.47. The van der Waals surface area contributed by atoms with Crippen molar-refractivity contribution >= 4 is 34.2 Å². The Morgan fingerprint density at radius 3 is 2.55 bits per heavy atom. The molecule has 0 aliphatic heterocycles. The van der Waals surface area contributed by atoms with Crippen molar-refractivity contribution in [3.05, 3.63) is 62.7 Å². The normalized spacial score (nSPS) is 10.9. The van der Waals surface area contributed by atoms with Crippen molar-refractivity contribution in [2.45, 2.75) is 0 Å². The summed E-state index contributed by atoms with van der Waals surface area (Å²) in [7, 11) is 0. The number of rotatable bonds is 1. The first kappa shape index (κ1) is 13.0. The van der Waals surface area contributed by atoms with Gasteiger partial charge in [0, 0.05) is 5.56 Å². The van der Waals surface area contributed by atoms with Crippen LogP contribution in [0.25, 0.3) is 22.3 Å². The fourth-order valence-corrected chi connectivity index (χ4v) is 2.38. The fraction of sp³-hybridized carbons (Fsp3) is 0. The van der Waals surface area contributed by atoms with Gasteiger partial charge in [0.1, 0.15) is 5.58 Å². The van der Waals surface area contributed by atoms with E-state index in [0.29, 0.717) is 21.6 Å². The molecule has 0 saturated carbocycles. The molecule has 0 unspecified atom stereocenters. The zero-order valence-corrected chi connectivity index (χ0v) is 11.6. The van der Waals surface area contributed by atoms with Crippen LogP contribution < -0.4 is 5.43 Å². The second-order valence-corrected chi connectivity index (χ2v) is 4.99. The van der Waals surface area contributed by atoms with E-state index in [1.807, 2.05) is 0 Å². The van der Waals surface area contributed by atoms with Crippen LogP contribution in [-0.4, -0.2) is 5.11 Å². The highest BCUT2D eigenvalue weighted by atomic mass is 35.5. The topological polar surface area (TPSA) is 50.4 Å². The van der Waals surface area contributed by atoms with Gasteiger partial charge in [0.05, 0.1) is 15.4 Å². The third-order valence-electron chi connectivity index (χ3n) is 2.97. The first-order valence-corrected chi connectivity index (χ1v) is 6.54. The quantitative estimate of drug-likeness (QED) is 0.721. The second kappa shape index (κ2) is 4.85. The summed E-state index contributed by atoms with van der Waals surface area (Å²) in [4.78, 5) is 12.1. The van der Waals surface area contributed by atoms with E-state index in [9.17, 15) is 9.90 Å². The summed E-state index contributed by atoms with van der Waals surface area (Å²) in [5, 5.41) is 10.9. The Kier molecular flexibility index (Phi) is 3.16. The predicted molar refractivity (Wildman–Crippen MR) is 79.6 cm³/mol. The molecule has 20 heavy (non-hydrogen) atoms. The van der Waals surface area contributed by atoms with Gasteiger partial charge in [-0.25, -0.2) is 0 Å². The third-order valence-corrected chi connectivity index (χ3v) is 3.79. The number of aromatic hydroxyl groups is 1. The Morgan fingerprint density at radius 2 is 1.75 bits per heavy atom. The average Bonchev–Trinajstić information content (AvgIpc) is 2.46. The van der Waals surface area contributed by atoms with Crippen LogP contribution in [0.5, 0.6) is 5.75 Å². The lowest BCUT2D eigenvalue weighted by molar-refractivity contribution is 0.449. The van der Waals surface area contributed by atoms with Crippen molar-refractivity contribution in [1.82, 2.24) is 0 Å². The summed E-state index contributed by atoms with van der Waals surface area (Å²) in [6, 6.07) is 11.6. The van der Waals surface area contributed by atoms with E-state index in [2.05, 4.69) is 0 Å². The monoisotopic (exact) mass is 306 g/mol. The molecule has 1 aromatic heterocycles. The largest absolute Gasteiger partial charge is 0.502 e. The maximum atomic E-state index is 12.1. The molecule has 0 amide bonds. The highest BCUT2D eigenvalue weighted by Gasteiger charge is 2.18. The first-order valence-electron chi connectivity index (χ1n) is 5.79. The van der Waals surface area contributed by atoms with Crippen LogP contribution in [-0.2, 0) is 0 Å². The van der Waals surface area contributed by atoms with Crippen LogP contribution in [0.2, 0.25) is 10.0 Å². The van der Waals surface area contributed by atoms with Crippen LogP contribution in [0.3, 0.4) is 0 Å². The fourth-order valence-electron chi connectivity index (χ4n) is 1.99. The number of fused-ring (bicyclic) bond motifs is 1. The SMILES string of the molecule is O=c1c(O)c(-c2cccc(Cl)c2Cl)oc2ccccc12. The van der Waals surface area contributed by atoms with Gasteiger partial charge in [-0.3, -0.25) is 4.79 Å². The molecule has 0 bridgehead atoms. The van der Waals surface area contributed by atoms with E-state index < -0.39 is 11.2 Å². The van der Waals surface area contributed by atoms with Crippen LogP contribution in [0.1, 0.15) is 0 Å². The van der Waals surface area contributed by atoms with E-state index in [0.717, 1.165) is 0 Å². The van der Waals surface area contributed by atoms with Crippen molar-refractivity contribution < 1.29 is 9.52 Å². The lowest BCUT2D eigenvalue weighted by atomic mass is 10.1. The van der Waals surface area contributed by atoms with Gasteiger partial charge in [0.15, 0.2) is 5.76 Å². The van der Waals surface area contributed by atoms with E-state index in [1.54, 1.807) is 42.5 Å². The molecular weight excluding hydrogens is 299 g/mol. The average molecular weight is 307 g/mol. The van der Waals surface area contributed by atoms with E-state index in [4.69, 9.17) is 27.6 Å². The lowest BCUT2D eigenvalue weighted by Gasteiger charge is -2.08. The highest BCUT2D eigenvalue weighted by molar-refractivity contribution is 6.43. The molecule has 100 valence electrons. The standard InChI is InChI=1S/C15H8Cl2O3/c16-10-6-3-5-9(12(10)17)15-14(19)13(18)8-4-1-2-7-11(8)20-15/h1-7,19H. The highest BCUT2D eigenvalue weighted by Crippen LogP contribution is 2.37. The van der Waals surface area contributed by atoms with Gasteiger partial charge >= 0.3 is 0 Å². The molecule has 5 heteroatoms. The summed E-state index contributed by atoms with van der Waals surface area (Å²) < 4.78 is 5.60. The minimum atomic E-state index is -0.502. The Bertz CT molecular complexity index is 869. The zero-order valence-electron chi connectivity index (χ0n) is 10.1. The summed E-state index contributed by atoms with van der Waals surface area (Å²) in [5.41, 5.74) is 0.249.